The number of urea groups is 1. The lowest BCUT2D eigenvalue weighted by Crippen LogP contribution is -2.50. The minimum Gasteiger partial charge on any atom is -0.333 e. The summed E-state index contributed by atoms with van der Waals surface area (Å²) in [6.45, 7) is 10.1. The molecule has 1 saturated heterocycles. The zero-order valence-electron chi connectivity index (χ0n) is 11.2. The molecule has 1 heterocycles. The highest BCUT2D eigenvalue weighted by Crippen LogP contribution is 2.21. The first-order valence-electron chi connectivity index (χ1n) is 6.49. The number of rotatable bonds is 2. The van der Waals surface area contributed by atoms with Crippen molar-refractivity contribution in [2.45, 2.75) is 58.9 Å². The maximum atomic E-state index is 11.9. The van der Waals surface area contributed by atoms with Gasteiger partial charge in [-0.05, 0) is 39.5 Å². The van der Waals surface area contributed by atoms with Gasteiger partial charge in [0, 0.05) is 18.6 Å². The lowest BCUT2D eigenvalue weighted by Gasteiger charge is -2.34. The first kappa shape index (κ1) is 13.3. The van der Waals surface area contributed by atoms with Gasteiger partial charge in [-0.15, -0.1) is 0 Å². The van der Waals surface area contributed by atoms with Crippen LogP contribution in [-0.2, 0) is 0 Å². The zero-order valence-corrected chi connectivity index (χ0v) is 11.2. The van der Waals surface area contributed by atoms with Gasteiger partial charge < -0.3 is 10.2 Å². The number of carbonyl (C=O) groups excluding carboxylic acids is 1. The van der Waals surface area contributed by atoms with Crippen molar-refractivity contribution in [2.24, 2.45) is 5.92 Å². The lowest BCUT2D eigenvalue weighted by atomic mass is 9.93. The molecule has 0 bridgehead atoms. The summed E-state index contributed by atoms with van der Waals surface area (Å²) in [5.41, 5.74) is -0.128. The van der Waals surface area contributed by atoms with E-state index in [2.05, 4.69) is 12.2 Å². The molecule has 1 fully saturated rings. The Hall–Kier alpha value is -0.730. The van der Waals surface area contributed by atoms with Crippen LogP contribution in [0.1, 0.15) is 53.4 Å². The Bertz CT molecular complexity index is 225. The van der Waals surface area contributed by atoms with Gasteiger partial charge in [0.1, 0.15) is 0 Å². The first-order valence-corrected chi connectivity index (χ1v) is 6.49. The molecule has 1 rings (SSSR count). The van der Waals surface area contributed by atoms with Crippen molar-refractivity contribution < 1.29 is 4.79 Å². The van der Waals surface area contributed by atoms with E-state index in [0.29, 0.717) is 0 Å². The van der Waals surface area contributed by atoms with Gasteiger partial charge in [-0.1, -0.05) is 19.8 Å². The molecule has 0 spiro atoms. The Labute approximate surface area is 99.6 Å². The highest BCUT2D eigenvalue weighted by molar-refractivity contribution is 5.75. The Morgan fingerprint density at radius 3 is 2.31 bits per heavy atom. The fourth-order valence-corrected chi connectivity index (χ4v) is 2.23. The van der Waals surface area contributed by atoms with Crippen molar-refractivity contribution in [3.8, 4) is 0 Å². The summed E-state index contributed by atoms with van der Waals surface area (Å²) in [5.74, 6) is 0.837. The molecular weight excluding hydrogens is 200 g/mol. The molecular formula is C13H26N2O. The van der Waals surface area contributed by atoms with Crippen LogP contribution in [-0.4, -0.2) is 29.6 Å². The number of hydrogen-bond donors (Lipinski definition) is 1. The van der Waals surface area contributed by atoms with Gasteiger partial charge in [0.2, 0.25) is 0 Å². The van der Waals surface area contributed by atoms with Crippen molar-refractivity contribution in [3.63, 3.8) is 0 Å². The molecule has 0 atom stereocenters. The molecule has 0 unspecified atom stereocenters. The highest BCUT2D eigenvalue weighted by atomic mass is 16.2. The Kier molecular flexibility index (Phi) is 4.63. The van der Waals surface area contributed by atoms with Crippen molar-refractivity contribution in [3.05, 3.63) is 0 Å². The van der Waals surface area contributed by atoms with Gasteiger partial charge in [0.15, 0.2) is 0 Å². The van der Waals surface area contributed by atoms with Crippen molar-refractivity contribution in [1.82, 2.24) is 10.2 Å². The van der Waals surface area contributed by atoms with Gasteiger partial charge in [0.05, 0.1) is 0 Å². The Morgan fingerprint density at radius 1 is 1.31 bits per heavy atom. The van der Waals surface area contributed by atoms with Gasteiger partial charge in [-0.3, -0.25) is 0 Å². The number of hydrogen-bond acceptors (Lipinski definition) is 1. The number of likely N-dealkylation sites (tertiary alicyclic amines) is 1. The average Bonchev–Trinajstić information content (AvgIpc) is 2.16. The van der Waals surface area contributed by atoms with E-state index in [1.54, 1.807) is 0 Å². The van der Waals surface area contributed by atoms with E-state index in [0.717, 1.165) is 19.0 Å². The quantitative estimate of drug-likeness (QED) is 0.771. The van der Waals surface area contributed by atoms with Crippen LogP contribution < -0.4 is 5.32 Å². The van der Waals surface area contributed by atoms with Gasteiger partial charge in [0.25, 0.3) is 0 Å². The van der Waals surface area contributed by atoms with Gasteiger partial charge >= 0.3 is 6.03 Å². The van der Waals surface area contributed by atoms with Crippen molar-refractivity contribution in [1.29, 1.82) is 0 Å². The molecule has 1 aliphatic rings. The summed E-state index contributed by atoms with van der Waals surface area (Å²) in [4.78, 5) is 13.8. The number of piperidine rings is 1. The summed E-state index contributed by atoms with van der Waals surface area (Å²) in [6, 6.07) is 0.0995. The van der Waals surface area contributed by atoms with Crippen molar-refractivity contribution in [2.75, 3.05) is 13.1 Å². The van der Waals surface area contributed by atoms with Crippen LogP contribution in [0, 0.1) is 5.92 Å². The summed E-state index contributed by atoms with van der Waals surface area (Å²) in [7, 11) is 0. The van der Waals surface area contributed by atoms with E-state index in [1.807, 2.05) is 25.7 Å². The minimum absolute atomic E-state index is 0.0995. The summed E-state index contributed by atoms with van der Waals surface area (Å²) >= 11 is 0. The van der Waals surface area contributed by atoms with Crippen LogP contribution in [0.15, 0.2) is 0 Å². The first-order chi connectivity index (χ1) is 7.42. The Balaban J connectivity index is 2.33. The SMILES string of the molecule is CCCC1CCN(C(=O)NC(C)(C)C)CC1. The standard InChI is InChI=1S/C13H26N2O/c1-5-6-11-7-9-15(10-8-11)12(16)14-13(2,3)4/h11H,5-10H2,1-4H3,(H,14,16). The lowest BCUT2D eigenvalue weighted by molar-refractivity contribution is 0.161. The molecule has 94 valence electrons. The van der Waals surface area contributed by atoms with E-state index < -0.39 is 0 Å². The molecule has 3 heteroatoms. The van der Waals surface area contributed by atoms with E-state index >= 15 is 0 Å². The molecule has 1 N–H and O–H groups in total. The van der Waals surface area contributed by atoms with E-state index in [9.17, 15) is 4.79 Å². The maximum Gasteiger partial charge on any atom is 0.317 e. The number of carbonyl (C=O) groups is 1. The third kappa shape index (κ3) is 4.42. The average molecular weight is 226 g/mol. The van der Waals surface area contributed by atoms with Gasteiger partial charge in [-0.25, -0.2) is 4.79 Å². The molecule has 0 aromatic carbocycles. The monoisotopic (exact) mass is 226 g/mol. The fourth-order valence-electron chi connectivity index (χ4n) is 2.23. The molecule has 3 nitrogen and oxygen atoms in total. The Morgan fingerprint density at radius 2 is 1.88 bits per heavy atom. The van der Waals surface area contributed by atoms with E-state index in [4.69, 9.17) is 0 Å². The molecule has 0 saturated carbocycles. The van der Waals surface area contributed by atoms with Crippen LogP contribution in [0.3, 0.4) is 0 Å². The second-order valence-corrected chi connectivity index (χ2v) is 5.90. The highest BCUT2D eigenvalue weighted by Gasteiger charge is 2.24. The predicted molar refractivity (Wildman–Crippen MR) is 67.5 cm³/mol. The minimum atomic E-state index is -0.128. The second-order valence-electron chi connectivity index (χ2n) is 5.90. The van der Waals surface area contributed by atoms with E-state index in [-0.39, 0.29) is 11.6 Å². The molecule has 0 radical (unpaired) electrons. The smallest absolute Gasteiger partial charge is 0.317 e. The van der Waals surface area contributed by atoms with Gasteiger partial charge in [-0.2, -0.15) is 0 Å². The number of nitrogens with zero attached hydrogens (tertiary/aromatic N) is 1. The second kappa shape index (κ2) is 5.55. The molecule has 0 aromatic heterocycles. The molecule has 0 aliphatic carbocycles. The number of nitrogens with one attached hydrogen (secondary N) is 1. The third-order valence-corrected chi connectivity index (χ3v) is 3.08. The normalized spacial score (nSPS) is 18.6. The summed E-state index contributed by atoms with van der Waals surface area (Å²) < 4.78 is 0. The molecule has 0 aromatic rings. The molecule has 16 heavy (non-hydrogen) atoms. The summed E-state index contributed by atoms with van der Waals surface area (Å²) in [6.07, 6.45) is 4.92. The zero-order chi connectivity index (χ0) is 12.2. The predicted octanol–water partition coefficient (Wildman–Crippen LogP) is 3.01. The van der Waals surface area contributed by atoms with Crippen LogP contribution >= 0.6 is 0 Å². The third-order valence-electron chi connectivity index (χ3n) is 3.08. The topological polar surface area (TPSA) is 32.3 Å². The van der Waals surface area contributed by atoms with Crippen molar-refractivity contribution >= 4 is 6.03 Å². The fraction of sp³-hybridized carbons (Fsp3) is 0.923. The van der Waals surface area contributed by atoms with E-state index in [1.165, 1.54) is 25.7 Å². The van der Waals surface area contributed by atoms with Crippen LogP contribution in [0.5, 0.6) is 0 Å². The largest absolute Gasteiger partial charge is 0.333 e. The van der Waals surface area contributed by atoms with Crippen LogP contribution in [0.25, 0.3) is 0 Å². The molecule has 2 amide bonds. The summed E-state index contributed by atoms with van der Waals surface area (Å²) in [5, 5.41) is 3.02. The van der Waals surface area contributed by atoms with Crippen LogP contribution in [0.2, 0.25) is 0 Å². The molecule has 1 aliphatic heterocycles. The number of amides is 2. The maximum absolute atomic E-state index is 11.9. The van der Waals surface area contributed by atoms with Crippen LogP contribution in [0.4, 0.5) is 4.79 Å².